The number of ether oxygens (including phenoxy) is 1. The molecule has 20 heavy (non-hydrogen) atoms. The van der Waals surface area contributed by atoms with E-state index in [4.69, 9.17) is 16.3 Å². The molecule has 0 amide bonds. The quantitative estimate of drug-likeness (QED) is 0.484. The lowest BCUT2D eigenvalue weighted by atomic mass is 9.82. The van der Waals surface area contributed by atoms with Gasteiger partial charge in [0.05, 0.1) is 4.92 Å². The van der Waals surface area contributed by atoms with Crippen molar-refractivity contribution in [2.45, 2.75) is 46.1 Å². The molecule has 2 atom stereocenters. The van der Waals surface area contributed by atoms with Crippen LogP contribution in [0.15, 0.2) is 0 Å². The molecule has 1 heterocycles. The fourth-order valence-electron chi connectivity index (χ4n) is 2.93. The van der Waals surface area contributed by atoms with Crippen molar-refractivity contribution in [1.82, 2.24) is 9.97 Å². The third kappa shape index (κ3) is 3.36. The average molecular weight is 300 g/mol. The molecule has 2 unspecified atom stereocenters. The summed E-state index contributed by atoms with van der Waals surface area (Å²) in [5.41, 5.74) is 0.0298. The maximum Gasteiger partial charge on any atom is 0.352 e. The third-order valence-electron chi connectivity index (χ3n) is 3.60. The molecule has 0 saturated heterocycles. The zero-order valence-electron chi connectivity index (χ0n) is 11.8. The monoisotopic (exact) mass is 299 g/mol. The fraction of sp³-hybridized carbons (Fsp3) is 0.692. The summed E-state index contributed by atoms with van der Waals surface area (Å²) < 4.78 is 5.77. The first-order valence-corrected chi connectivity index (χ1v) is 7.09. The zero-order chi connectivity index (χ0) is 14.9. The van der Waals surface area contributed by atoms with Crippen molar-refractivity contribution < 1.29 is 9.66 Å². The fourth-order valence-corrected chi connectivity index (χ4v) is 3.13. The summed E-state index contributed by atoms with van der Waals surface area (Å²) in [5.74, 6) is 1.07. The molecule has 0 aromatic carbocycles. The van der Waals surface area contributed by atoms with Gasteiger partial charge in [-0.2, -0.15) is 4.98 Å². The Morgan fingerprint density at radius 3 is 2.40 bits per heavy atom. The molecular formula is C13H18ClN3O3. The van der Waals surface area contributed by atoms with Gasteiger partial charge in [0.2, 0.25) is 5.28 Å². The molecule has 1 aliphatic rings. The van der Waals surface area contributed by atoms with E-state index in [9.17, 15) is 10.1 Å². The van der Waals surface area contributed by atoms with Crippen molar-refractivity contribution in [3.8, 4) is 5.88 Å². The first-order valence-electron chi connectivity index (χ1n) is 6.72. The predicted molar refractivity (Wildman–Crippen MR) is 75.0 cm³/mol. The number of hydrogen-bond acceptors (Lipinski definition) is 5. The molecule has 6 nitrogen and oxygen atoms in total. The summed E-state index contributed by atoms with van der Waals surface area (Å²) in [5, 5.41) is 11.1. The van der Waals surface area contributed by atoms with Gasteiger partial charge in [-0.25, -0.2) is 4.98 Å². The second kappa shape index (κ2) is 5.91. The van der Waals surface area contributed by atoms with Crippen molar-refractivity contribution in [2.75, 3.05) is 0 Å². The van der Waals surface area contributed by atoms with E-state index in [1.165, 1.54) is 6.92 Å². The second-order valence-corrected chi connectivity index (χ2v) is 5.98. The van der Waals surface area contributed by atoms with Gasteiger partial charge < -0.3 is 4.74 Å². The minimum atomic E-state index is -0.517. The molecule has 1 saturated carbocycles. The van der Waals surface area contributed by atoms with E-state index in [0.717, 1.165) is 19.3 Å². The van der Waals surface area contributed by atoms with Gasteiger partial charge in [0.1, 0.15) is 11.8 Å². The number of nitro groups is 1. The average Bonchev–Trinajstić information content (AvgIpc) is 2.25. The van der Waals surface area contributed by atoms with E-state index in [1.807, 2.05) is 0 Å². The number of rotatable bonds is 3. The number of halogens is 1. The van der Waals surface area contributed by atoms with Gasteiger partial charge in [0.25, 0.3) is 5.88 Å². The van der Waals surface area contributed by atoms with E-state index in [1.54, 1.807) is 0 Å². The van der Waals surface area contributed by atoms with Gasteiger partial charge in [-0.3, -0.25) is 10.1 Å². The molecule has 2 rings (SSSR count). The van der Waals surface area contributed by atoms with E-state index >= 15 is 0 Å². The van der Waals surface area contributed by atoms with Crippen LogP contribution in [0.1, 0.15) is 38.8 Å². The minimum Gasteiger partial charge on any atom is -0.469 e. The molecule has 110 valence electrons. The van der Waals surface area contributed by atoms with Gasteiger partial charge >= 0.3 is 5.69 Å². The van der Waals surface area contributed by atoms with E-state index in [0.29, 0.717) is 11.8 Å². The Kier molecular flexibility index (Phi) is 4.42. The first kappa shape index (κ1) is 15.0. The Morgan fingerprint density at radius 2 is 1.85 bits per heavy atom. The van der Waals surface area contributed by atoms with Crippen LogP contribution in [0.25, 0.3) is 0 Å². The lowest BCUT2D eigenvalue weighted by molar-refractivity contribution is -0.387. The topological polar surface area (TPSA) is 78.2 Å². The molecule has 1 fully saturated rings. The van der Waals surface area contributed by atoms with Crippen LogP contribution in [0.2, 0.25) is 5.28 Å². The van der Waals surface area contributed by atoms with Crippen molar-refractivity contribution in [1.29, 1.82) is 0 Å². The van der Waals surface area contributed by atoms with Gasteiger partial charge in [-0.1, -0.05) is 13.8 Å². The van der Waals surface area contributed by atoms with Crippen LogP contribution in [0.4, 0.5) is 5.69 Å². The van der Waals surface area contributed by atoms with Crippen LogP contribution in [0, 0.1) is 28.9 Å². The van der Waals surface area contributed by atoms with Crippen LogP contribution in [0.5, 0.6) is 5.88 Å². The summed E-state index contributed by atoms with van der Waals surface area (Å²) >= 11 is 5.78. The highest BCUT2D eigenvalue weighted by Crippen LogP contribution is 2.35. The molecule has 0 N–H and O–H groups in total. The normalized spacial score (nSPS) is 26.3. The van der Waals surface area contributed by atoms with E-state index < -0.39 is 4.92 Å². The van der Waals surface area contributed by atoms with Crippen LogP contribution >= 0.6 is 11.6 Å². The summed E-state index contributed by atoms with van der Waals surface area (Å²) in [6.07, 6.45) is 2.85. The summed E-state index contributed by atoms with van der Waals surface area (Å²) in [4.78, 5) is 18.3. The van der Waals surface area contributed by atoms with E-state index in [2.05, 4.69) is 23.8 Å². The summed E-state index contributed by atoms with van der Waals surface area (Å²) in [6, 6.07) is 0. The van der Waals surface area contributed by atoms with E-state index in [-0.39, 0.29) is 28.6 Å². The van der Waals surface area contributed by atoms with Gasteiger partial charge in [-0.05, 0) is 49.6 Å². The smallest absolute Gasteiger partial charge is 0.352 e. The second-order valence-electron chi connectivity index (χ2n) is 5.65. The number of aromatic nitrogens is 2. The van der Waals surface area contributed by atoms with Crippen LogP contribution in [-0.4, -0.2) is 21.0 Å². The van der Waals surface area contributed by atoms with Crippen LogP contribution in [-0.2, 0) is 0 Å². The van der Waals surface area contributed by atoms with Crippen LogP contribution < -0.4 is 4.74 Å². The Bertz CT molecular complexity index is 514. The Hall–Kier alpha value is -1.43. The maximum atomic E-state index is 11.1. The highest BCUT2D eigenvalue weighted by atomic mass is 35.5. The Labute approximate surface area is 122 Å². The largest absolute Gasteiger partial charge is 0.469 e. The molecule has 0 radical (unpaired) electrons. The van der Waals surface area contributed by atoms with Crippen molar-refractivity contribution in [3.05, 3.63) is 21.1 Å². The van der Waals surface area contributed by atoms with Crippen molar-refractivity contribution >= 4 is 17.3 Å². The molecule has 1 aliphatic carbocycles. The molecule has 1 aromatic heterocycles. The Morgan fingerprint density at radius 1 is 1.25 bits per heavy atom. The highest BCUT2D eigenvalue weighted by molar-refractivity contribution is 6.28. The standard InChI is InChI=1S/C13H18ClN3O3/c1-7-4-8(2)6-10(5-7)20-12-11(17(18)19)9(3)15-13(14)16-12/h7-8,10H,4-6H2,1-3H3. The number of nitrogens with zero attached hydrogens (tertiary/aromatic N) is 3. The third-order valence-corrected chi connectivity index (χ3v) is 3.76. The molecule has 0 aliphatic heterocycles. The summed E-state index contributed by atoms with van der Waals surface area (Å²) in [7, 11) is 0. The molecule has 7 heteroatoms. The first-order chi connectivity index (χ1) is 9.36. The lowest BCUT2D eigenvalue weighted by Crippen LogP contribution is -2.29. The summed E-state index contributed by atoms with van der Waals surface area (Å²) in [6.45, 7) is 5.86. The van der Waals surface area contributed by atoms with Gasteiger partial charge in [-0.15, -0.1) is 0 Å². The highest BCUT2D eigenvalue weighted by Gasteiger charge is 2.30. The van der Waals surface area contributed by atoms with Crippen molar-refractivity contribution in [3.63, 3.8) is 0 Å². The molecule has 1 aromatic rings. The van der Waals surface area contributed by atoms with Crippen molar-refractivity contribution in [2.24, 2.45) is 11.8 Å². The van der Waals surface area contributed by atoms with Crippen LogP contribution in [0.3, 0.4) is 0 Å². The SMILES string of the molecule is Cc1nc(Cl)nc(OC2CC(C)CC(C)C2)c1[N+](=O)[O-]. The maximum absolute atomic E-state index is 11.1. The van der Waals surface area contributed by atoms with Gasteiger partial charge in [0, 0.05) is 0 Å². The Balaban J connectivity index is 2.26. The minimum absolute atomic E-state index is 0.0150. The predicted octanol–water partition coefficient (Wildman–Crippen LogP) is 3.55. The number of hydrogen-bond donors (Lipinski definition) is 0. The molecule has 0 spiro atoms. The zero-order valence-corrected chi connectivity index (χ0v) is 12.6. The van der Waals surface area contributed by atoms with Gasteiger partial charge in [0.15, 0.2) is 0 Å². The lowest BCUT2D eigenvalue weighted by Gasteiger charge is -2.31. The number of aryl methyl sites for hydroxylation is 1. The molecule has 0 bridgehead atoms. The molecular weight excluding hydrogens is 282 g/mol.